The van der Waals surface area contributed by atoms with E-state index >= 15 is 0 Å². The zero-order chi connectivity index (χ0) is 14.9. The van der Waals surface area contributed by atoms with Crippen molar-refractivity contribution in [1.82, 2.24) is 0 Å². The summed E-state index contributed by atoms with van der Waals surface area (Å²) in [5.74, 6) is -3.93. The van der Waals surface area contributed by atoms with Crippen molar-refractivity contribution < 1.29 is 23.6 Å². The van der Waals surface area contributed by atoms with Crippen LogP contribution in [0.2, 0.25) is 0 Å². The molecule has 0 bridgehead atoms. The molecule has 0 atom stereocenters. The third-order valence-corrected chi connectivity index (χ3v) is 3.50. The summed E-state index contributed by atoms with van der Waals surface area (Å²) in [4.78, 5) is 21.3. The average Bonchev–Trinajstić information content (AvgIpc) is 2.84. The summed E-state index contributed by atoms with van der Waals surface area (Å²) in [5.41, 5.74) is -2.88. The maximum atomic E-state index is 13.8. The van der Waals surface area contributed by atoms with Crippen LogP contribution < -0.4 is 5.32 Å². The minimum atomic E-state index is -1.49. The number of halogens is 2. The number of anilines is 1. The molecular weight excluding hydrogens is 274 g/mol. The van der Waals surface area contributed by atoms with Crippen LogP contribution in [0.25, 0.3) is 0 Å². The van der Waals surface area contributed by atoms with E-state index in [0.717, 1.165) is 6.07 Å². The van der Waals surface area contributed by atoms with Gasteiger partial charge in [-0.05, 0) is 18.9 Å². The molecule has 0 aromatic heterocycles. The van der Waals surface area contributed by atoms with E-state index in [2.05, 4.69) is 5.32 Å². The Balaban J connectivity index is 2.49. The minimum Gasteiger partial charge on any atom is -0.480 e. The standard InChI is InChI=1S/C12H12F2N2O4/c13-7-3-4-8(16(19)20)10(9(7)14)15-12(11(17)18)5-1-2-6-12/h3-4,15H,1-2,5-6H2,(H,17,18). The van der Waals surface area contributed by atoms with E-state index in [-0.39, 0.29) is 12.8 Å². The van der Waals surface area contributed by atoms with Crippen molar-refractivity contribution in [1.29, 1.82) is 0 Å². The fourth-order valence-corrected chi connectivity index (χ4v) is 2.42. The molecule has 8 heteroatoms. The van der Waals surface area contributed by atoms with E-state index in [4.69, 9.17) is 0 Å². The van der Waals surface area contributed by atoms with Crippen LogP contribution in [-0.2, 0) is 4.79 Å². The molecule has 0 saturated heterocycles. The average molecular weight is 286 g/mol. The smallest absolute Gasteiger partial charge is 0.329 e. The van der Waals surface area contributed by atoms with Gasteiger partial charge >= 0.3 is 5.97 Å². The van der Waals surface area contributed by atoms with E-state index < -0.39 is 39.4 Å². The lowest BCUT2D eigenvalue weighted by molar-refractivity contribution is -0.384. The minimum absolute atomic E-state index is 0.204. The Labute approximate surface area is 112 Å². The summed E-state index contributed by atoms with van der Waals surface area (Å²) < 4.78 is 27.0. The number of carboxylic acids is 1. The molecule has 20 heavy (non-hydrogen) atoms. The Morgan fingerprint density at radius 2 is 1.95 bits per heavy atom. The molecule has 1 aromatic carbocycles. The number of carbonyl (C=O) groups is 1. The van der Waals surface area contributed by atoms with E-state index in [9.17, 15) is 28.8 Å². The van der Waals surface area contributed by atoms with Crippen LogP contribution in [0, 0.1) is 21.7 Å². The second-order valence-corrected chi connectivity index (χ2v) is 4.73. The molecule has 1 aromatic rings. The van der Waals surface area contributed by atoms with E-state index in [1.807, 2.05) is 0 Å². The second-order valence-electron chi connectivity index (χ2n) is 4.73. The van der Waals surface area contributed by atoms with Gasteiger partial charge in [0, 0.05) is 6.07 Å². The Bertz CT molecular complexity index is 571. The zero-order valence-corrected chi connectivity index (χ0v) is 10.4. The highest BCUT2D eigenvalue weighted by Gasteiger charge is 2.43. The van der Waals surface area contributed by atoms with Crippen LogP contribution >= 0.6 is 0 Å². The van der Waals surface area contributed by atoms with Crippen LogP contribution in [0.5, 0.6) is 0 Å². The van der Waals surface area contributed by atoms with Gasteiger partial charge in [-0.25, -0.2) is 13.6 Å². The first kappa shape index (κ1) is 14.2. The van der Waals surface area contributed by atoms with Gasteiger partial charge in [0.25, 0.3) is 5.69 Å². The van der Waals surface area contributed by atoms with Crippen molar-refractivity contribution in [2.75, 3.05) is 5.32 Å². The highest BCUT2D eigenvalue weighted by molar-refractivity contribution is 5.84. The summed E-state index contributed by atoms with van der Waals surface area (Å²) in [7, 11) is 0. The quantitative estimate of drug-likeness (QED) is 0.655. The van der Waals surface area contributed by atoms with Crippen molar-refractivity contribution in [2.45, 2.75) is 31.2 Å². The van der Waals surface area contributed by atoms with Gasteiger partial charge in [-0.3, -0.25) is 10.1 Å². The van der Waals surface area contributed by atoms with Gasteiger partial charge in [-0.2, -0.15) is 0 Å². The number of nitro groups is 1. The topological polar surface area (TPSA) is 92.5 Å². The van der Waals surface area contributed by atoms with Gasteiger partial charge in [0.15, 0.2) is 17.3 Å². The SMILES string of the molecule is O=C(O)C1(Nc2c([N+](=O)[O-])ccc(F)c2F)CCCC1. The first-order chi connectivity index (χ1) is 9.37. The van der Waals surface area contributed by atoms with Crippen LogP contribution in [-0.4, -0.2) is 21.5 Å². The largest absolute Gasteiger partial charge is 0.480 e. The molecule has 0 unspecified atom stereocenters. The number of rotatable bonds is 4. The maximum Gasteiger partial charge on any atom is 0.329 e. The van der Waals surface area contributed by atoms with Gasteiger partial charge in [0.2, 0.25) is 0 Å². The van der Waals surface area contributed by atoms with Gasteiger partial charge in [0.05, 0.1) is 4.92 Å². The number of hydrogen-bond donors (Lipinski definition) is 2. The molecule has 0 spiro atoms. The zero-order valence-electron chi connectivity index (χ0n) is 10.4. The summed E-state index contributed by atoms with van der Waals surface area (Å²) in [6.45, 7) is 0. The second kappa shape index (κ2) is 5.03. The number of aliphatic carboxylic acids is 1. The Hall–Kier alpha value is -2.25. The number of hydrogen-bond acceptors (Lipinski definition) is 4. The van der Waals surface area contributed by atoms with Crippen LogP contribution in [0.4, 0.5) is 20.2 Å². The van der Waals surface area contributed by atoms with E-state index in [1.165, 1.54) is 0 Å². The van der Waals surface area contributed by atoms with Gasteiger partial charge < -0.3 is 10.4 Å². The third-order valence-electron chi connectivity index (χ3n) is 3.50. The fourth-order valence-electron chi connectivity index (χ4n) is 2.42. The number of carboxylic acid groups (broad SMARTS) is 1. The molecule has 1 aliphatic carbocycles. The molecule has 2 N–H and O–H groups in total. The highest BCUT2D eigenvalue weighted by Crippen LogP contribution is 2.38. The molecule has 1 saturated carbocycles. The first-order valence-corrected chi connectivity index (χ1v) is 6.01. The lowest BCUT2D eigenvalue weighted by Crippen LogP contribution is -2.44. The van der Waals surface area contributed by atoms with Gasteiger partial charge in [0.1, 0.15) is 5.54 Å². The van der Waals surface area contributed by atoms with Crippen molar-refractivity contribution in [2.24, 2.45) is 0 Å². The van der Waals surface area contributed by atoms with Crippen molar-refractivity contribution in [3.63, 3.8) is 0 Å². The molecule has 0 radical (unpaired) electrons. The monoisotopic (exact) mass is 286 g/mol. The molecule has 0 amide bonds. The molecular formula is C12H12F2N2O4. The molecule has 0 aliphatic heterocycles. The summed E-state index contributed by atoms with van der Waals surface area (Å²) in [6.07, 6.45) is 1.61. The van der Waals surface area contributed by atoms with Gasteiger partial charge in [-0.15, -0.1) is 0 Å². The Kier molecular flexibility index (Phi) is 3.56. The van der Waals surface area contributed by atoms with Crippen LogP contribution in [0.1, 0.15) is 25.7 Å². The lowest BCUT2D eigenvalue weighted by Gasteiger charge is -2.26. The van der Waals surface area contributed by atoms with Crippen LogP contribution in [0.15, 0.2) is 12.1 Å². The molecule has 6 nitrogen and oxygen atoms in total. The van der Waals surface area contributed by atoms with Crippen molar-refractivity contribution in [3.8, 4) is 0 Å². The predicted octanol–water partition coefficient (Wildman–Crippen LogP) is 2.68. The highest BCUT2D eigenvalue weighted by atomic mass is 19.2. The molecule has 1 fully saturated rings. The van der Waals surface area contributed by atoms with E-state index in [1.54, 1.807) is 0 Å². The third kappa shape index (κ3) is 2.28. The van der Waals surface area contributed by atoms with Gasteiger partial charge in [-0.1, -0.05) is 12.8 Å². The number of benzene rings is 1. The fraction of sp³-hybridized carbons (Fsp3) is 0.417. The first-order valence-electron chi connectivity index (χ1n) is 6.01. The molecule has 0 heterocycles. The normalized spacial score (nSPS) is 16.9. The Morgan fingerprint density at radius 3 is 2.45 bits per heavy atom. The number of nitrogens with one attached hydrogen (secondary N) is 1. The van der Waals surface area contributed by atoms with Crippen LogP contribution in [0.3, 0.4) is 0 Å². The summed E-state index contributed by atoms with van der Waals surface area (Å²) >= 11 is 0. The number of nitro benzene ring substituents is 1. The maximum absolute atomic E-state index is 13.8. The van der Waals surface area contributed by atoms with Crippen molar-refractivity contribution in [3.05, 3.63) is 33.9 Å². The predicted molar refractivity (Wildman–Crippen MR) is 65.5 cm³/mol. The lowest BCUT2D eigenvalue weighted by atomic mass is 9.97. The summed E-state index contributed by atoms with van der Waals surface area (Å²) in [5, 5.41) is 22.5. The molecule has 2 rings (SSSR count). The molecule has 108 valence electrons. The summed E-state index contributed by atoms with van der Waals surface area (Å²) in [6, 6.07) is 1.45. The molecule has 1 aliphatic rings. The Morgan fingerprint density at radius 1 is 1.35 bits per heavy atom. The number of nitrogens with zero attached hydrogens (tertiary/aromatic N) is 1. The van der Waals surface area contributed by atoms with Crippen molar-refractivity contribution >= 4 is 17.3 Å². The van der Waals surface area contributed by atoms with E-state index in [0.29, 0.717) is 18.9 Å².